The molecule has 0 unspecified atom stereocenters. The molecule has 0 aliphatic carbocycles. The fraction of sp³-hybridized carbons (Fsp3) is 0.125. The van der Waals surface area contributed by atoms with Crippen molar-refractivity contribution in [3.63, 3.8) is 0 Å². The summed E-state index contributed by atoms with van der Waals surface area (Å²) in [4.78, 5) is 16.6. The third-order valence-electron chi connectivity index (χ3n) is 3.24. The Hall–Kier alpha value is -1.01. The molecule has 3 rings (SSSR count). The molecular formula is C16H11BrCl2N2OS. The van der Waals surface area contributed by atoms with Gasteiger partial charge in [-0.1, -0.05) is 57.0 Å². The molecule has 0 bridgehead atoms. The SMILES string of the molecule is O=C1NC(=Nc2ccc(Br)cc2)S[C@H]1Cc1ccc(Cl)c(Cl)c1. The number of benzene rings is 2. The van der Waals surface area contributed by atoms with E-state index in [4.69, 9.17) is 23.2 Å². The molecular weight excluding hydrogens is 419 g/mol. The Balaban J connectivity index is 1.72. The van der Waals surface area contributed by atoms with E-state index in [0.29, 0.717) is 21.6 Å². The maximum Gasteiger partial charge on any atom is 0.239 e. The first-order valence-corrected chi connectivity index (χ1v) is 9.20. The summed E-state index contributed by atoms with van der Waals surface area (Å²) in [5, 5.41) is 4.22. The number of hydrogen-bond acceptors (Lipinski definition) is 3. The van der Waals surface area contributed by atoms with Gasteiger partial charge in [-0.3, -0.25) is 4.79 Å². The smallest absolute Gasteiger partial charge is 0.239 e. The van der Waals surface area contributed by atoms with Gasteiger partial charge in [-0.25, -0.2) is 4.99 Å². The molecule has 1 fully saturated rings. The third kappa shape index (κ3) is 4.29. The zero-order valence-electron chi connectivity index (χ0n) is 11.7. The van der Waals surface area contributed by atoms with Gasteiger partial charge in [-0.05, 0) is 48.4 Å². The summed E-state index contributed by atoms with van der Waals surface area (Å²) in [6.45, 7) is 0. The van der Waals surface area contributed by atoms with Crippen LogP contribution in [0.5, 0.6) is 0 Å². The van der Waals surface area contributed by atoms with Crippen molar-refractivity contribution in [1.82, 2.24) is 5.32 Å². The first-order chi connectivity index (χ1) is 11.0. The minimum Gasteiger partial charge on any atom is -0.304 e. The highest BCUT2D eigenvalue weighted by atomic mass is 79.9. The molecule has 1 saturated heterocycles. The van der Waals surface area contributed by atoms with Gasteiger partial charge in [0.1, 0.15) is 0 Å². The number of thioether (sulfide) groups is 1. The topological polar surface area (TPSA) is 41.5 Å². The van der Waals surface area contributed by atoms with Crippen molar-refractivity contribution >= 4 is 67.7 Å². The van der Waals surface area contributed by atoms with E-state index in [9.17, 15) is 4.79 Å². The van der Waals surface area contributed by atoms with Crippen LogP contribution in [0.15, 0.2) is 51.9 Å². The number of rotatable bonds is 3. The van der Waals surface area contributed by atoms with E-state index in [1.165, 1.54) is 11.8 Å². The summed E-state index contributed by atoms with van der Waals surface area (Å²) in [6.07, 6.45) is 0.576. The number of carbonyl (C=O) groups is 1. The summed E-state index contributed by atoms with van der Waals surface area (Å²) in [7, 11) is 0. The number of nitrogens with zero attached hydrogens (tertiary/aromatic N) is 1. The summed E-state index contributed by atoms with van der Waals surface area (Å²) in [5.74, 6) is -0.0445. The van der Waals surface area contributed by atoms with E-state index >= 15 is 0 Å². The Morgan fingerprint density at radius 2 is 1.87 bits per heavy atom. The Kier molecular flexibility index (Phi) is 5.31. The van der Waals surface area contributed by atoms with E-state index in [1.807, 2.05) is 30.3 Å². The lowest BCUT2D eigenvalue weighted by molar-refractivity contribution is -0.118. The third-order valence-corrected chi connectivity index (χ3v) is 5.59. The van der Waals surface area contributed by atoms with Gasteiger partial charge in [0.15, 0.2) is 5.17 Å². The molecule has 1 heterocycles. The van der Waals surface area contributed by atoms with Gasteiger partial charge >= 0.3 is 0 Å². The van der Waals surface area contributed by atoms with Crippen LogP contribution in [-0.4, -0.2) is 16.3 Å². The number of amides is 1. The molecule has 7 heteroatoms. The molecule has 0 saturated carbocycles. The van der Waals surface area contributed by atoms with Crippen molar-refractivity contribution in [2.75, 3.05) is 0 Å². The van der Waals surface area contributed by atoms with E-state index in [1.54, 1.807) is 12.1 Å². The van der Waals surface area contributed by atoms with Crippen LogP contribution < -0.4 is 5.32 Å². The second-order valence-electron chi connectivity index (χ2n) is 4.94. The normalized spacial score (nSPS) is 19.2. The predicted molar refractivity (Wildman–Crippen MR) is 101 cm³/mol. The summed E-state index contributed by atoms with van der Waals surface area (Å²) in [6, 6.07) is 13.0. The zero-order valence-corrected chi connectivity index (χ0v) is 15.6. The van der Waals surface area contributed by atoms with Gasteiger partial charge < -0.3 is 5.32 Å². The number of aliphatic imine (C=N–C) groups is 1. The lowest BCUT2D eigenvalue weighted by Gasteiger charge is -2.06. The quantitative estimate of drug-likeness (QED) is 0.726. The first-order valence-electron chi connectivity index (χ1n) is 6.77. The molecule has 2 aromatic rings. The maximum atomic E-state index is 12.1. The average Bonchev–Trinajstić information content (AvgIpc) is 2.85. The van der Waals surface area contributed by atoms with Gasteiger partial charge in [0.05, 0.1) is 21.0 Å². The second-order valence-corrected chi connectivity index (χ2v) is 7.86. The standard InChI is InChI=1S/C16H11BrCl2N2OS/c17-10-2-4-11(5-3-10)20-16-21-15(22)14(23-16)8-9-1-6-12(18)13(19)7-9/h1-7,14H,8H2,(H,20,21,22)/t14-/m0/s1. The van der Waals surface area contributed by atoms with E-state index < -0.39 is 0 Å². The van der Waals surface area contributed by atoms with Crippen LogP contribution in [0.2, 0.25) is 10.0 Å². The van der Waals surface area contributed by atoms with Crippen LogP contribution in [0.1, 0.15) is 5.56 Å². The molecule has 23 heavy (non-hydrogen) atoms. The maximum absolute atomic E-state index is 12.1. The van der Waals surface area contributed by atoms with Crippen LogP contribution in [0, 0.1) is 0 Å². The van der Waals surface area contributed by atoms with E-state index in [0.717, 1.165) is 15.7 Å². The molecule has 1 aliphatic rings. The molecule has 1 atom stereocenters. The number of hydrogen-bond donors (Lipinski definition) is 1. The van der Waals surface area contributed by atoms with Crippen molar-refractivity contribution in [2.24, 2.45) is 4.99 Å². The second kappa shape index (κ2) is 7.26. The first kappa shape index (κ1) is 16.8. The Labute approximate surface area is 156 Å². The van der Waals surface area contributed by atoms with E-state index in [2.05, 4.69) is 26.2 Å². The van der Waals surface area contributed by atoms with Crippen LogP contribution in [-0.2, 0) is 11.2 Å². The summed E-state index contributed by atoms with van der Waals surface area (Å²) >= 11 is 16.7. The molecule has 1 N–H and O–H groups in total. The van der Waals surface area contributed by atoms with Gasteiger partial charge in [-0.2, -0.15) is 0 Å². The molecule has 0 spiro atoms. The lowest BCUT2D eigenvalue weighted by atomic mass is 10.1. The molecule has 0 radical (unpaired) electrons. The van der Waals surface area contributed by atoms with Crippen molar-refractivity contribution in [3.05, 3.63) is 62.5 Å². The average molecular weight is 430 g/mol. The lowest BCUT2D eigenvalue weighted by Crippen LogP contribution is -2.25. The Morgan fingerprint density at radius 3 is 2.57 bits per heavy atom. The molecule has 1 amide bonds. The van der Waals surface area contributed by atoms with Crippen molar-refractivity contribution < 1.29 is 4.79 Å². The van der Waals surface area contributed by atoms with Crippen molar-refractivity contribution in [3.8, 4) is 0 Å². The van der Waals surface area contributed by atoms with Crippen molar-refractivity contribution in [1.29, 1.82) is 0 Å². The number of amidine groups is 1. The number of nitrogens with one attached hydrogen (secondary N) is 1. The van der Waals surface area contributed by atoms with E-state index in [-0.39, 0.29) is 11.2 Å². The zero-order chi connectivity index (χ0) is 16.4. The highest BCUT2D eigenvalue weighted by molar-refractivity contribution is 9.10. The van der Waals surface area contributed by atoms with Crippen LogP contribution in [0.4, 0.5) is 5.69 Å². The van der Waals surface area contributed by atoms with Gasteiger partial charge in [0.25, 0.3) is 0 Å². The van der Waals surface area contributed by atoms with Crippen LogP contribution in [0.3, 0.4) is 0 Å². The Morgan fingerprint density at radius 1 is 1.13 bits per heavy atom. The monoisotopic (exact) mass is 428 g/mol. The number of halogens is 3. The van der Waals surface area contributed by atoms with Gasteiger partial charge in [-0.15, -0.1) is 0 Å². The van der Waals surface area contributed by atoms with Gasteiger partial charge in [0.2, 0.25) is 5.91 Å². The molecule has 118 valence electrons. The minimum absolute atomic E-state index is 0.0445. The van der Waals surface area contributed by atoms with Crippen LogP contribution in [0.25, 0.3) is 0 Å². The highest BCUT2D eigenvalue weighted by Gasteiger charge is 2.30. The fourth-order valence-corrected chi connectivity index (χ4v) is 3.72. The molecule has 2 aromatic carbocycles. The molecule has 0 aromatic heterocycles. The minimum atomic E-state index is -0.221. The number of carbonyl (C=O) groups excluding carboxylic acids is 1. The largest absolute Gasteiger partial charge is 0.304 e. The van der Waals surface area contributed by atoms with Crippen molar-refractivity contribution in [2.45, 2.75) is 11.7 Å². The molecule has 3 nitrogen and oxygen atoms in total. The van der Waals surface area contributed by atoms with Gasteiger partial charge in [0, 0.05) is 4.47 Å². The van der Waals surface area contributed by atoms with Crippen LogP contribution >= 0.6 is 50.9 Å². The summed E-state index contributed by atoms with van der Waals surface area (Å²) in [5.41, 5.74) is 1.77. The molecule has 1 aliphatic heterocycles. The predicted octanol–water partition coefficient (Wildman–Crippen LogP) is 5.22. The highest BCUT2D eigenvalue weighted by Crippen LogP contribution is 2.28. The Bertz CT molecular complexity index is 780. The summed E-state index contributed by atoms with van der Waals surface area (Å²) < 4.78 is 0.988. The fourth-order valence-electron chi connectivity index (χ4n) is 2.11.